The minimum Gasteiger partial charge on any atom is -0.392 e. The number of anilines is 1. The van der Waals surface area contributed by atoms with Gasteiger partial charge in [-0.1, -0.05) is 31.0 Å². The summed E-state index contributed by atoms with van der Waals surface area (Å²) in [5.74, 6) is 0.00338. The molecule has 0 heterocycles. The molecule has 0 aliphatic carbocycles. The van der Waals surface area contributed by atoms with Crippen LogP contribution < -0.4 is 11.1 Å². The third-order valence-electron chi connectivity index (χ3n) is 2.82. The van der Waals surface area contributed by atoms with E-state index in [-0.39, 0.29) is 12.5 Å². The van der Waals surface area contributed by atoms with Gasteiger partial charge in [-0.15, -0.1) is 0 Å². The molecule has 100 valence electrons. The predicted octanol–water partition coefficient (Wildman–Crippen LogP) is 2.03. The van der Waals surface area contributed by atoms with Crippen LogP contribution in [0.25, 0.3) is 0 Å². The molecule has 0 fully saturated rings. The summed E-state index contributed by atoms with van der Waals surface area (Å²) in [5, 5.41) is 12.0. The number of nitrogens with two attached hydrogens (primary N) is 1. The molecule has 1 rings (SSSR count). The molecule has 18 heavy (non-hydrogen) atoms. The van der Waals surface area contributed by atoms with Crippen LogP contribution in [0.3, 0.4) is 0 Å². The molecular weight excluding hydrogens is 228 g/mol. The summed E-state index contributed by atoms with van der Waals surface area (Å²) in [4.78, 5) is 11.7. The number of para-hydroxylation sites is 1. The first-order valence-electron chi connectivity index (χ1n) is 6.46. The molecule has 1 aromatic carbocycles. The summed E-state index contributed by atoms with van der Waals surface area (Å²) in [7, 11) is 0. The number of hydrogen-bond donors (Lipinski definition) is 3. The Labute approximate surface area is 108 Å². The Morgan fingerprint density at radius 3 is 2.61 bits per heavy atom. The summed E-state index contributed by atoms with van der Waals surface area (Å²) in [6.45, 7) is 0.656. The molecule has 0 bridgehead atoms. The molecule has 0 atom stereocenters. The fraction of sp³-hybridized carbons (Fsp3) is 0.500. The van der Waals surface area contributed by atoms with E-state index in [0.717, 1.165) is 37.8 Å². The third-order valence-corrected chi connectivity index (χ3v) is 2.82. The van der Waals surface area contributed by atoms with Gasteiger partial charge in [0, 0.05) is 17.7 Å². The van der Waals surface area contributed by atoms with Gasteiger partial charge in [0.2, 0.25) is 5.91 Å². The summed E-state index contributed by atoms with van der Waals surface area (Å²) >= 11 is 0. The number of hydrogen-bond acceptors (Lipinski definition) is 3. The standard InChI is InChI=1S/C14H22N2O2/c15-10-6-2-1-3-9-14(18)16-13-8-5-4-7-12(13)11-17/h4-5,7-8,17H,1-3,6,9-11,15H2,(H,16,18). The number of unbranched alkanes of at least 4 members (excludes halogenated alkanes) is 3. The van der Waals surface area contributed by atoms with Crippen molar-refractivity contribution in [1.29, 1.82) is 0 Å². The maximum Gasteiger partial charge on any atom is 0.224 e. The highest BCUT2D eigenvalue weighted by molar-refractivity contribution is 5.91. The van der Waals surface area contributed by atoms with Gasteiger partial charge in [-0.3, -0.25) is 4.79 Å². The van der Waals surface area contributed by atoms with E-state index in [9.17, 15) is 4.79 Å². The molecule has 0 spiro atoms. The molecule has 1 aromatic rings. The van der Waals surface area contributed by atoms with Crippen molar-refractivity contribution in [2.45, 2.75) is 38.7 Å². The second kappa shape index (κ2) is 8.66. The Morgan fingerprint density at radius 1 is 1.17 bits per heavy atom. The fourth-order valence-corrected chi connectivity index (χ4v) is 1.78. The van der Waals surface area contributed by atoms with E-state index in [2.05, 4.69) is 5.32 Å². The van der Waals surface area contributed by atoms with Crippen LogP contribution in [0.2, 0.25) is 0 Å². The molecular formula is C14H22N2O2. The zero-order valence-electron chi connectivity index (χ0n) is 10.7. The summed E-state index contributed by atoms with van der Waals surface area (Å²) in [5.41, 5.74) is 6.85. The second-order valence-electron chi connectivity index (χ2n) is 4.32. The number of amides is 1. The van der Waals surface area contributed by atoms with Gasteiger partial charge in [-0.2, -0.15) is 0 Å². The first-order chi connectivity index (χ1) is 8.77. The quantitative estimate of drug-likeness (QED) is 0.618. The van der Waals surface area contributed by atoms with Crippen LogP contribution in [0.1, 0.15) is 37.7 Å². The van der Waals surface area contributed by atoms with E-state index < -0.39 is 0 Å². The van der Waals surface area contributed by atoms with Crippen molar-refractivity contribution in [2.75, 3.05) is 11.9 Å². The average molecular weight is 250 g/mol. The molecule has 0 aliphatic rings. The van der Waals surface area contributed by atoms with E-state index >= 15 is 0 Å². The van der Waals surface area contributed by atoms with Gasteiger partial charge >= 0.3 is 0 Å². The lowest BCUT2D eigenvalue weighted by Crippen LogP contribution is -2.12. The van der Waals surface area contributed by atoms with Gasteiger partial charge in [-0.05, 0) is 25.5 Å². The highest BCUT2D eigenvalue weighted by Gasteiger charge is 2.05. The summed E-state index contributed by atoms with van der Waals surface area (Å²) < 4.78 is 0. The molecule has 1 amide bonds. The molecule has 0 aliphatic heterocycles. The second-order valence-corrected chi connectivity index (χ2v) is 4.32. The first kappa shape index (κ1) is 14.7. The average Bonchev–Trinajstić information content (AvgIpc) is 2.39. The Kier molecular flexibility index (Phi) is 7.06. The van der Waals surface area contributed by atoms with Crippen LogP contribution in [0, 0.1) is 0 Å². The van der Waals surface area contributed by atoms with E-state index in [1.165, 1.54) is 0 Å². The smallest absolute Gasteiger partial charge is 0.224 e. The fourth-order valence-electron chi connectivity index (χ4n) is 1.78. The van der Waals surface area contributed by atoms with Crippen molar-refractivity contribution in [1.82, 2.24) is 0 Å². The first-order valence-corrected chi connectivity index (χ1v) is 6.46. The monoisotopic (exact) mass is 250 g/mol. The maximum absolute atomic E-state index is 11.7. The molecule has 4 nitrogen and oxygen atoms in total. The Bertz CT molecular complexity index is 367. The molecule has 0 unspecified atom stereocenters. The minimum absolute atomic E-state index is 0.00338. The lowest BCUT2D eigenvalue weighted by Gasteiger charge is -2.09. The summed E-state index contributed by atoms with van der Waals surface area (Å²) in [6, 6.07) is 7.29. The van der Waals surface area contributed by atoms with Crippen molar-refractivity contribution in [3.63, 3.8) is 0 Å². The van der Waals surface area contributed by atoms with Crippen LogP contribution in [0.15, 0.2) is 24.3 Å². The van der Waals surface area contributed by atoms with Gasteiger partial charge in [0.15, 0.2) is 0 Å². The van der Waals surface area contributed by atoms with Crippen molar-refractivity contribution >= 4 is 11.6 Å². The van der Waals surface area contributed by atoms with E-state index in [0.29, 0.717) is 12.1 Å². The molecule has 4 N–H and O–H groups in total. The Hall–Kier alpha value is -1.39. The highest BCUT2D eigenvalue weighted by atomic mass is 16.3. The Morgan fingerprint density at radius 2 is 1.89 bits per heavy atom. The highest BCUT2D eigenvalue weighted by Crippen LogP contribution is 2.15. The number of nitrogens with one attached hydrogen (secondary N) is 1. The predicted molar refractivity (Wildman–Crippen MR) is 73.1 cm³/mol. The largest absolute Gasteiger partial charge is 0.392 e. The zero-order chi connectivity index (χ0) is 13.2. The third kappa shape index (κ3) is 5.29. The van der Waals surface area contributed by atoms with Gasteiger partial charge in [0.05, 0.1) is 6.61 Å². The lowest BCUT2D eigenvalue weighted by molar-refractivity contribution is -0.116. The normalized spacial score (nSPS) is 10.3. The SMILES string of the molecule is NCCCCCCC(=O)Nc1ccccc1CO. The molecule has 0 saturated heterocycles. The van der Waals surface area contributed by atoms with Crippen LogP contribution >= 0.6 is 0 Å². The number of carbonyl (C=O) groups excluding carboxylic acids is 1. The molecule has 4 heteroatoms. The van der Waals surface area contributed by atoms with Gasteiger partial charge < -0.3 is 16.2 Å². The van der Waals surface area contributed by atoms with Crippen LogP contribution in [0.4, 0.5) is 5.69 Å². The maximum atomic E-state index is 11.7. The summed E-state index contributed by atoms with van der Waals surface area (Å²) in [6.07, 6.45) is 4.54. The van der Waals surface area contributed by atoms with E-state index in [1.807, 2.05) is 12.1 Å². The number of aliphatic hydroxyl groups is 1. The zero-order valence-corrected chi connectivity index (χ0v) is 10.7. The van der Waals surface area contributed by atoms with Crippen LogP contribution in [-0.4, -0.2) is 17.6 Å². The number of benzene rings is 1. The van der Waals surface area contributed by atoms with E-state index in [4.69, 9.17) is 10.8 Å². The topological polar surface area (TPSA) is 75.4 Å². The number of rotatable bonds is 8. The van der Waals surface area contributed by atoms with Crippen molar-refractivity contribution in [3.8, 4) is 0 Å². The molecule has 0 saturated carbocycles. The molecule has 0 aromatic heterocycles. The van der Waals surface area contributed by atoms with E-state index in [1.54, 1.807) is 12.1 Å². The van der Waals surface area contributed by atoms with Crippen molar-refractivity contribution < 1.29 is 9.90 Å². The van der Waals surface area contributed by atoms with Crippen molar-refractivity contribution in [2.24, 2.45) is 5.73 Å². The van der Waals surface area contributed by atoms with Crippen molar-refractivity contribution in [3.05, 3.63) is 29.8 Å². The van der Waals surface area contributed by atoms with Crippen LogP contribution in [-0.2, 0) is 11.4 Å². The van der Waals surface area contributed by atoms with Gasteiger partial charge in [0.25, 0.3) is 0 Å². The molecule has 0 radical (unpaired) electrons. The minimum atomic E-state index is -0.0625. The number of aliphatic hydroxyl groups excluding tert-OH is 1. The lowest BCUT2D eigenvalue weighted by atomic mass is 10.1. The van der Waals surface area contributed by atoms with Crippen LogP contribution in [0.5, 0.6) is 0 Å². The van der Waals surface area contributed by atoms with Gasteiger partial charge in [0.1, 0.15) is 0 Å². The number of carbonyl (C=O) groups is 1. The van der Waals surface area contributed by atoms with Gasteiger partial charge in [-0.25, -0.2) is 0 Å². The Balaban J connectivity index is 2.31.